The molecule has 4 rings (SSSR count). The van der Waals surface area contributed by atoms with E-state index in [1.165, 1.54) is 4.90 Å². The second-order valence-electron chi connectivity index (χ2n) is 8.66. The van der Waals surface area contributed by atoms with E-state index in [0.717, 1.165) is 27.8 Å². The quantitative estimate of drug-likeness (QED) is 0.467. The van der Waals surface area contributed by atoms with Gasteiger partial charge in [-0.25, -0.2) is 9.69 Å². The van der Waals surface area contributed by atoms with Crippen molar-refractivity contribution in [1.82, 2.24) is 10.2 Å². The van der Waals surface area contributed by atoms with Gasteiger partial charge in [0, 0.05) is 19.6 Å². The lowest BCUT2D eigenvalue weighted by molar-refractivity contribution is -0.141. The highest BCUT2D eigenvalue weighted by atomic mass is 16.6. The first-order valence-corrected chi connectivity index (χ1v) is 12.1. The normalized spacial score (nSPS) is 16.2. The molecular weight excluding hydrogens is 440 g/mol. The molecule has 0 bridgehead atoms. The molecule has 0 spiro atoms. The number of hydrogen-bond acceptors (Lipinski definition) is 5. The Balaban J connectivity index is 1.55. The molecule has 2 unspecified atom stereocenters. The number of carbonyl (C=O) groups is 2. The minimum atomic E-state index is -0.770. The topological polar surface area (TPSA) is 67.9 Å². The zero-order chi connectivity index (χ0) is 24.6. The van der Waals surface area contributed by atoms with E-state index in [4.69, 9.17) is 9.47 Å². The third-order valence-corrected chi connectivity index (χ3v) is 6.20. The average molecular weight is 473 g/mol. The number of carbonyl (C=O) groups excluding carboxylic acids is 2. The fraction of sp³-hybridized carbons (Fsp3) is 0.310. The Kier molecular flexibility index (Phi) is 8.29. The second kappa shape index (κ2) is 11.8. The van der Waals surface area contributed by atoms with Crippen molar-refractivity contribution >= 4 is 12.0 Å². The molecule has 6 nitrogen and oxygen atoms in total. The summed E-state index contributed by atoms with van der Waals surface area (Å²) in [6.07, 6.45) is -0.444. The van der Waals surface area contributed by atoms with Crippen molar-refractivity contribution in [2.45, 2.75) is 38.5 Å². The van der Waals surface area contributed by atoms with Crippen LogP contribution in [0.1, 0.15) is 23.6 Å². The predicted octanol–water partition coefficient (Wildman–Crippen LogP) is 4.61. The van der Waals surface area contributed by atoms with Gasteiger partial charge in [0.25, 0.3) is 5.91 Å². The predicted molar refractivity (Wildman–Crippen MR) is 136 cm³/mol. The van der Waals surface area contributed by atoms with Gasteiger partial charge in [0.1, 0.15) is 12.7 Å². The van der Waals surface area contributed by atoms with Gasteiger partial charge in [-0.3, -0.25) is 4.79 Å². The zero-order valence-electron chi connectivity index (χ0n) is 20.3. The molecule has 2 atom stereocenters. The van der Waals surface area contributed by atoms with Gasteiger partial charge < -0.3 is 14.8 Å². The van der Waals surface area contributed by atoms with Crippen LogP contribution < -0.4 is 5.32 Å². The number of nitrogens with zero attached hydrogens (tertiary/aromatic N) is 1. The van der Waals surface area contributed by atoms with Gasteiger partial charge in [0.15, 0.2) is 0 Å². The number of cyclic esters (lactones) is 1. The van der Waals surface area contributed by atoms with Crippen LogP contribution in [0.25, 0.3) is 11.1 Å². The van der Waals surface area contributed by atoms with Gasteiger partial charge in [-0.15, -0.1) is 0 Å². The number of imide groups is 1. The summed E-state index contributed by atoms with van der Waals surface area (Å²) >= 11 is 0. The van der Waals surface area contributed by atoms with Gasteiger partial charge in [-0.2, -0.15) is 0 Å². The van der Waals surface area contributed by atoms with Gasteiger partial charge in [-0.1, -0.05) is 78.9 Å². The molecule has 1 fully saturated rings. The third-order valence-electron chi connectivity index (χ3n) is 6.20. The number of rotatable bonds is 10. The standard InChI is InChI=1S/C29H32N2O4/c1-3-34-27(28(32)31-25(20-35-29(31)33)17-21-10-6-4-7-11-21)18-22-14-15-26(24(16-22)19-30-2)23-12-8-5-9-13-23/h4-16,25,27,30H,3,17-20H2,1-2H3. The molecule has 1 saturated heterocycles. The molecule has 2 amide bonds. The van der Waals surface area contributed by atoms with E-state index < -0.39 is 12.2 Å². The Labute approximate surface area is 206 Å². The minimum absolute atomic E-state index is 0.191. The van der Waals surface area contributed by atoms with Crippen molar-refractivity contribution in [1.29, 1.82) is 0 Å². The van der Waals surface area contributed by atoms with Gasteiger partial charge in [0.05, 0.1) is 6.04 Å². The summed E-state index contributed by atoms with van der Waals surface area (Å²) in [5.74, 6) is -0.349. The van der Waals surface area contributed by atoms with Crippen molar-refractivity contribution in [3.63, 3.8) is 0 Å². The average Bonchev–Trinajstić information content (AvgIpc) is 3.24. The van der Waals surface area contributed by atoms with Gasteiger partial charge in [-0.05, 0) is 48.2 Å². The Morgan fingerprint density at radius 1 is 1.06 bits per heavy atom. The van der Waals surface area contributed by atoms with E-state index >= 15 is 0 Å². The van der Waals surface area contributed by atoms with Crippen LogP contribution in [0, 0.1) is 0 Å². The lowest BCUT2D eigenvalue weighted by atomic mass is 9.95. The Bertz CT molecular complexity index is 1130. The molecule has 3 aromatic carbocycles. The molecular formula is C29H32N2O4. The summed E-state index contributed by atoms with van der Waals surface area (Å²) in [6, 6.07) is 25.9. The summed E-state index contributed by atoms with van der Waals surface area (Å²) in [5, 5.41) is 3.23. The van der Waals surface area contributed by atoms with Crippen molar-refractivity contribution in [3.05, 3.63) is 95.6 Å². The van der Waals surface area contributed by atoms with Crippen LogP contribution in [0.2, 0.25) is 0 Å². The largest absolute Gasteiger partial charge is 0.447 e. The molecule has 1 aliphatic heterocycles. The maximum atomic E-state index is 13.5. The maximum absolute atomic E-state index is 13.5. The number of benzene rings is 3. The van der Waals surface area contributed by atoms with Crippen LogP contribution in [0.3, 0.4) is 0 Å². The fourth-order valence-electron chi connectivity index (χ4n) is 4.56. The van der Waals surface area contributed by atoms with Crippen LogP contribution in [0.15, 0.2) is 78.9 Å². The first kappa shape index (κ1) is 24.6. The highest BCUT2D eigenvalue weighted by molar-refractivity contribution is 5.96. The summed E-state index contributed by atoms with van der Waals surface area (Å²) in [4.78, 5) is 27.3. The zero-order valence-corrected chi connectivity index (χ0v) is 20.3. The molecule has 0 radical (unpaired) electrons. The van der Waals surface area contributed by atoms with Crippen LogP contribution in [-0.2, 0) is 33.7 Å². The Morgan fingerprint density at radius 3 is 2.46 bits per heavy atom. The Morgan fingerprint density at radius 2 is 1.77 bits per heavy atom. The molecule has 3 aromatic rings. The summed E-state index contributed by atoms with van der Waals surface area (Å²) < 4.78 is 11.1. The number of amides is 2. The SMILES string of the molecule is CCOC(Cc1ccc(-c2ccccc2)c(CNC)c1)C(=O)N1C(=O)OCC1Cc1ccccc1. The van der Waals surface area contributed by atoms with Crippen LogP contribution in [-0.4, -0.2) is 49.3 Å². The lowest BCUT2D eigenvalue weighted by Crippen LogP contribution is -2.47. The van der Waals surface area contributed by atoms with Crippen LogP contribution in [0.4, 0.5) is 4.79 Å². The van der Waals surface area contributed by atoms with Crippen molar-refractivity contribution < 1.29 is 19.1 Å². The second-order valence-corrected chi connectivity index (χ2v) is 8.66. The fourth-order valence-corrected chi connectivity index (χ4v) is 4.56. The van der Waals surface area contributed by atoms with Gasteiger partial charge in [0.2, 0.25) is 0 Å². The lowest BCUT2D eigenvalue weighted by Gasteiger charge is -2.25. The molecule has 1 N–H and O–H groups in total. The number of hydrogen-bond donors (Lipinski definition) is 1. The molecule has 182 valence electrons. The van der Waals surface area contributed by atoms with Gasteiger partial charge >= 0.3 is 6.09 Å². The number of nitrogens with one attached hydrogen (secondary N) is 1. The molecule has 35 heavy (non-hydrogen) atoms. The van der Waals surface area contributed by atoms with Crippen molar-refractivity contribution in [2.75, 3.05) is 20.3 Å². The summed E-state index contributed by atoms with van der Waals surface area (Å²) in [5.41, 5.74) is 5.46. The molecule has 0 saturated carbocycles. The summed E-state index contributed by atoms with van der Waals surface area (Å²) in [7, 11) is 1.92. The maximum Gasteiger partial charge on any atom is 0.417 e. The molecule has 1 aliphatic rings. The van der Waals surface area contributed by atoms with Crippen LogP contribution >= 0.6 is 0 Å². The first-order chi connectivity index (χ1) is 17.1. The summed E-state index contributed by atoms with van der Waals surface area (Å²) in [6.45, 7) is 3.11. The highest BCUT2D eigenvalue weighted by Crippen LogP contribution is 2.26. The molecule has 6 heteroatoms. The van der Waals surface area contributed by atoms with E-state index in [1.54, 1.807) is 0 Å². The van der Waals surface area contributed by atoms with Crippen molar-refractivity contribution in [3.8, 4) is 11.1 Å². The molecule has 1 heterocycles. The van der Waals surface area contributed by atoms with E-state index in [0.29, 0.717) is 26.0 Å². The van der Waals surface area contributed by atoms with Crippen molar-refractivity contribution in [2.24, 2.45) is 0 Å². The molecule has 0 aliphatic carbocycles. The number of ether oxygens (including phenoxy) is 2. The van der Waals surface area contributed by atoms with E-state index in [1.807, 2.05) is 68.6 Å². The van der Waals surface area contributed by atoms with Crippen LogP contribution in [0.5, 0.6) is 0 Å². The van der Waals surface area contributed by atoms with E-state index in [2.05, 4.69) is 29.6 Å². The van der Waals surface area contributed by atoms with E-state index in [-0.39, 0.29) is 18.6 Å². The molecule has 0 aromatic heterocycles. The smallest absolute Gasteiger partial charge is 0.417 e. The Hall–Kier alpha value is -3.48. The first-order valence-electron chi connectivity index (χ1n) is 12.1. The third kappa shape index (κ3) is 5.96. The highest BCUT2D eigenvalue weighted by Gasteiger charge is 2.41. The minimum Gasteiger partial charge on any atom is -0.447 e. The monoisotopic (exact) mass is 472 g/mol. The van der Waals surface area contributed by atoms with E-state index in [9.17, 15) is 9.59 Å².